The molecule has 0 unspecified atom stereocenters. The molecule has 2 aromatic rings. The van der Waals surface area contributed by atoms with E-state index in [1.54, 1.807) is 31.2 Å². The number of hydrogen-bond donors (Lipinski definition) is 2. The summed E-state index contributed by atoms with van der Waals surface area (Å²) >= 11 is 0. The van der Waals surface area contributed by atoms with E-state index in [2.05, 4.69) is 35.2 Å². The van der Waals surface area contributed by atoms with Crippen LogP contribution < -0.4 is 10.0 Å². The molecule has 0 aromatic heterocycles. The van der Waals surface area contributed by atoms with Crippen LogP contribution in [0.25, 0.3) is 0 Å². The molecule has 1 atom stereocenters. The second kappa shape index (κ2) is 6.88. The average molecular weight is 358 g/mol. The Balaban J connectivity index is 1.69. The van der Waals surface area contributed by atoms with E-state index >= 15 is 0 Å². The van der Waals surface area contributed by atoms with E-state index in [0.29, 0.717) is 11.3 Å². The molecule has 0 aliphatic heterocycles. The maximum Gasteiger partial charge on any atom is 0.251 e. The van der Waals surface area contributed by atoms with E-state index in [1.165, 1.54) is 16.7 Å². The zero-order valence-corrected chi connectivity index (χ0v) is 15.2. The molecule has 2 aromatic carbocycles. The van der Waals surface area contributed by atoms with Crippen LogP contribution in [0, 0.1) is 6.92 Å². The third kappa shape index (κ3) is 4.02. The number of amides is 1. The number of nitrogens with one attached hydrogen (secondary N) is 2. The van der Waals surface area contributed by atoms with Gasteiger partial charge in [0.15, 0.2) is 0 Å². The molecule has 2 N–H and O–H groups in total. The molecule has 0 saturated carbocycles. The minimum Gasteiger partial charge on any atom is -0.345 e. The highest BCUT2D eigenvalue weighted by atomic mass is 32.2. The van der Waals surface area contributed by atoms with Crippen LogP contribution in [0.2, 0.25) is 0 Å². The van der Waals surface area contributed by atoms with Crippen molar-refractivity contribution in [3.63, 3.8) is 0 Å². The van der Waals surface area contributed by atoms with Crippen molar-refractivity contribution in [2.24, 2.45) is 0 Å². The molecule has 0 heterocycles. The van der Waals surface area contributed by atoms with Crippen LogP contribution in [0.1, 0.15) is 46.4 Å². The lowest BCUT2D eigenvalue weighted by Crippen LogP contribution is -2.27. The van der Waals surface area contributed by atoms with Crippen molar-refractivity contribution in [2.45, 2.75) is 32.7 Å². The van der Waals surface area contributed by atoms with Crippen LogP contribution in [0.15, 0.2) is 42.5 Å². The van der Waals surface area contributed by atoms with Crippen molar-refractivity contribution >= 4 is 21.6 Å². The van der Waals surface area contributed by atoms with Gasteiger partial charge in [-0.15, -0.1) is 0 Å². The lowest BCUT2D eigenvalue weighted by molar-refractivity contribution is 0.0936. The Morgan fingerprint density at radius 2 is 1.88 bits per heavy atom. The summed E-state index contributed by atoms with van der Waals surface area (Å²) in [5.74, 6) is -0.140. The van der Waals surface area contributed by atoms with Gasteiger partial charge in [-0.05, 0) is 62.1 Å². The van der Waals surface area contributed by atoms with Gasteiger partial charge in [0.25, 0.3) is 5.91 Å². The Kier molecular flexibility index (Phi) is 4.81. The summed E-state index contributed by atoms with van der Waals surface area (Å²) in [4.78, 5) is 12.5. The topological polar surface area (TPSA) is 75.3 Å². The van der Waals surface area contributed by atoms with E-state index < -0.39 is 10.0 Å². The Morgan fingerprint density at radius 3 is 2.56 bits per heavy atom. The van der Waals surface area contributed by atoms with E-state index in [1.807, 2.05) is 0 Å². The lowest BCUT2D eigenvalue weighted by atomic mass is 10.1. The molecule has 5 nitrogen and oxygen atoms in total. The molecule has 6 heteroatoms. The summed E-state index contributed by atoms with van der Waals surface area (Å²) < 4.78 is 25.6. The minimum absolute atomic E-state index is 0.00972. The molecule has 0 saturated heterocycles. The van der Waals surface area contributed by atoms with E-state index in [9.17, 15) is 13.2 Å². The first-order valence-electron chi connectivity index (χ1n) is 8.39. The summed E-state index contributed by atoms with van der Waals surface area (Å²) in [7, 11) is -3.31. The van der Waals surface area contributed by atoms with Gasteiger partial charge >= 0.3 is 0 Å². The van der Waals surface area contributed by atoms with Crippen LogP contribution in [0.5, 0.6) is 0 Å². The molecule has 0 bridgehead atoms. The quantitative estimate of drug-likeness (QED) is 0.862. The third-order valence-electron chi connectivity index (χ3n) is 4.48. The van der Waals surface area contributed by atoms with Gasteiger partial charge in [0.05, 0.1) is 11.8 Å². The Labute approximate surface area is 148 Å². The van der Waals surface area contributed by atoms with Crippen molar-refractivity contribution < 1.29 is 13.2 Å². The van der Waals surface area contributed by atoms with E-state index in [4.69, 9.17) is 0 Å². The highest BCUT2D eigenvalue weighted by Gasteiger charge is 2.24. The molecule has 3 rings (SSSR count). The summed E-state index contributed by atoms with van der Waals surface area (Å²) in [6, 6.07) is 12.8. The third-order valence-corrected chi connectivity index (χ3v) is 5.79. The normalized spacial score (nSPS) is 16.3. The van der Waals surface area contributed by atoms with Gasteiger partial charge in [-0.1, -0.05) is 23.8 Å². The molecule has 132 valence electrons. The molecule has 0 fully saturated rings. The standard InChI is InChI=1S/C19H22N2O3S/c1-3-25(23,24)21-16-8-5-14(6-9-16)19(22)20-18-11-7-15-12-13(2)4-10-17(15)18/h4-6,8-10,12,18,21H,3,7,11H2,1-2H3,(H,20,22)/t18-/m1/s1. The zero-order chi connectivity index (χ0) is 18.0. The van der Waals surface area contributed by atoms with Crippen LogP contribution in [0.3, 0.4) is 0 Å². The smallest absolute Gasteiger partial charge is 0.251 e. The molecular formula is C19H22N2O3S. The zero-order valence-electron chi connectivity index (χ0n) is 14.4. The maximum absolute atomic E-state index is 12.5. The highest BCUT2D eigenvalue weighted by Crippen LogP contribution is 2.31. The van der Waals surface area contributed by atoms with Crippen LogP contribution in [-0.2, 0) is 16.4 Å². The van der Waals surface area contributed by atoms with Gasteiger partial charge in [0.1, 0.15) is 0 Å². The van der Waals surface area contributed by atoms with Crippen LogP contribution in [0.4, 0.5) is 5.69 Å². The number of fused-ring (bicyclic) bond motifs is 1. The Bertz CT molecular complexity index is 889. The van der Waals surface area contributed by atoms with E-state index in [0.717, 1.165) is 12.8 Å². The van der Waals surface area contributed by atoms with Gasteiger partial charge in [0, 0.05) is 11.3 Å². The number of hydrogen-bond acceptors (Lipinski definition) is 3. The van der Waals surface area contributed by atoms with Crippen molar-refractivity contribution in [2.75, 3.05) is 10.5 Å². The first kappa shape index (κ1) is 17.5. The second-order valence-electron chi connectivity index (χ2n) is 6.35. The Morgan fingerprint density at radius 1 is 1.16 bits per heavy atom. The van der Waals surface area contributed by atoms with Crippen LogP contribution in [-0.4, -0.2) is 20.1 Å². The number of carbonyl (C=O) groups excluding carboxylic acids is 1. The van der Waals surface area contributed by atoms with Gasteiger partial charge < -0.3 is 5.32 Å². The van der Waals surface area contributed by atoms with Gasteiger partial charge in [-0.2, -0.15) is 0 Å². The summed E-state index contributed by atoms with van der Waals surface area (Å²) in [5.41, 5.74) is 4.69. The fourth-order valence-electron chi connectivity index (χ4n) is 3.08. The summed E-state index contributed by atoms with van der Waals surface area (Å²) in [6.07, 6.45) is 1.87. The average Bonchev–Trinajstić information content (AvgIpc) is 2.97. The molecule has 0 radical (unpaired) electrons. The molecule has 0 spiro atoms. The predicted octanol–water partition coefficient (Wildman–Crippen LogP) is 3.17. The molecular weight excluding hydrogens is 336 g/mol. The first-order valence-corrected chi connectivity index (χ1v) is 10.0. The number of carbonyl (C=O) groups is 1. The first-order chi connectivity index (χ1) is 11.9. The number of rotatable bonds is 5. The van der Waals surface area contributed by atoms with Crippen molar-refractivity contribution in [3.8, 4) is 0 Å². The molecule has 1 aliphatic carbocycles. The fourth-order valence-corrected chi connectivity index (χ4v) is 3.72. The monoisotopic (exact) mass is 358 g/mol. The molecule has 1 amide bonds. The summed E-state index contributed by atoms with van der Waals surface area (Å²) in [6.45, 7) is 3.64. The number of aryl methyl sites for hydroxylation is 2. The molecule has 1 aliphatic rings. The second-order valence-corrected chi connectivity index (χ2v) is 8.36. The van der Waals surface area contributed by atoms with Gasteiger partial charge in [0.2, 0.25) is 10.0 Å². The fraction of sp³-hybridized carbons (Fsp3) is 0.316. The SMILES string of the molecule is CCS(=O)(=O)Nc1ccc(C(=O)N[C@@H]2CCc3cc(C)ccc32)cc1. The van der Waals surface area contributed by atoms with E-state index in [-0.39, 0.29) is 17.7 Å². The van der Waals surface area contributed by atoms with Crippen LogP contribution >= 0.6 is 0 Å². The number of benzene rings is 2. The van der Waals surface area contributed by atoms with Gasteiger partial charge in [-0.3, -0.25) is 9.52 Å². The minimum atomic E-state index is -3.31. The number of anilines is 1. The lowest BCUT2D eigenvalue weighted by Gasteiger charge is -2.15. The predicted molar refractivity (Wildman–Crippen MR) is 99.2 cm³/mol. The van der Waals surface area contributed by atoms with Crippen molar-refractivity contribution in [1.29, 1.82) is 0 Å². The number of sulfonamides is 1. The molecule has 25 heavy (non-hydrogen) atoms. The highest BCUT2D eigenvalue weighted by molar-refractivity contribution is 7.92. The van der Waals surface area contributed by atoms with Crippen molar-refractivity contribution in [1.82, 2.24) is 5.32 Å². The summed E-state index contributed by atoms with van der Waals surface area (Å²) in [5, 5.41) is 3.07. The van der Waals surface area contributed by atoms with Gasteiger partial charge in [-0.25, -0.2) is 8.42 Å². The van der Waals surface area contributed by atoms with Crippen molar-refractivity contribution in [3.05, 3.63) is 64.7 Å². The Hall–Kier alpha value is -2.34. The largest absolute Gasteiger partial charge is 0.345 e. The maximum atomic E-state index is 12.5.